The molecule has 1 aromatic carbocycles. The van der Waals surface area contributed by atoms with Crippen LogP contribution in [0.1, 0.15) is 22.6 Å². The lowest BCUT2D eigenvalue weighted by molar-refractivity contribution is -0.117. The van der Waals surface area contributed by atoms with Crippen molar-refractivity contribution in [2.45, 2.75) is 20.4 Å². The van der Waals surface area contributed by atoms with E-state index >= 15 is 0 Å². The normalized spacial score (nSPS) is 10.8. The van der Waals surface area contributed by atoms with Crippen LogP contribution >= 0.6 is 0 Å². The predicted molar refractivity (Wildman–Crippen MR) is 110 cm³/mol. The molecule has 2 aromatic heterocycles. The predicted octanol–water partition coefficient (Wildman–Crippen LogP) is 3.64. The Hall–Kier alpha value is -3.50. The van der Waals surface area contributed by atoms with Crippen LogP contribution < -0.4 is 10.1 Å². The monoisotopic (exact) mass is 392 g/mol. The van der Waals surface area contributed by atoms with E-state index in [9.17, 15) is 10.1 Å². The zero-order valence-electron chi connectivity index (χ0n) is 17.0. The molecule has 2 heterocycles. The van der Waals surface area contributed by atoms with E-state index in [1.807, 2.05) is 66.8 Å². The third-order valence-electron chi connectivity index (χ3n) is 4.83. The third kappa shape index (κ3) is 4.33. The van der Waals surface area contributed by atoms with Gasteiger partial charge in [-0.3, -0.25) is 14.3 Å². The summed E-state index contributed by atoms with van der Waals surface area (Å²) in [5.74, 6) is 1.79. The fourth-order valence-corrected chi connectivity index (χ4v) is 3.26. The van der Waals surface area contributed by atoms with Crippen LogP contribution in [-0.4, -0.2) is 36.1 Å². The van der Waals surface area contributed by atoms with Crippen molar-refractivity contribution in [3.05, 3.63) is 65.2 Å². The quantitative estimate of drug-likeness (QED) is 0.664. The minimum atomic E-state index is -0.206. The molecular formula is C22H24N4O3. The number of anilines is 1. The number of hydrogen-bond donors (Lipinski definition) is 1. The fourth-order valence-electron chi connectivity index (χ4n) is 3.26. The molecule has 1 amide bonds. The van der Waals surface area contributed by atoms with E-state index in [0.29, 0.717) is 17.9 Å². The average molecular weight is 392 g/mol. The molecule has 0 spiro atoms. The number of nitrogens with one attached hydrogen (secondary N) is 1. The molecule has 0 aliphatic carbocycles. The second kappa shape index (κ2) is 8.67. The van der Waals surface area contributed by atoms with E-state index < -0.39 is 0 Å². The van der Waals surface area contributed by atoms with Crippen LogP contribution in [0.25, 0.3) is 5.69 Å². The number of aromatic nitrogens is 1. The first kappa shape index (κ1) is 20.2. The number of rotatable bonds is 7. The smallest absolute Gasteiger partial charge is 0.239 e. The number of amides is 1. The van der Waals surface area contributed by atoms with Crippen LogP contribution in [0.5, 0.6) is 5.75 Å². The van der Waals surface area contributed by atoms with Crippen molar-refractivity contribution in [3.8, 4) is 17.5 Å². The van der Waals surface area contributed by atoms with Gasteiger partial charge in [0.1, 0.15) is 23.4 Å². The van der Waals surface area contributed by atoms with Gasteiger partial charge in [0.15, 0.2) is 0 Å². The van der Waals surface area contributed by atoms with Gasteiger partial charge in [0, 0.05) is 11.4 Å². The molecule has 7 heteroatoms. The summed E-state index contributed by atoms with van der Waals surface area (Å²) in [5, 5.41) is 12.6. The molecule has 150 valence electrons. The number of ether oxygens (including phenoxy) is 1. The molecular weight excluding hydrogens is 368 g/mol. The van der Waals surface area contributed by atoms with Crippen LogP contribution in [0.3, 0.4) is 0 Å². The second-order valence-corrected chi connectivity index (χ2v) is 6.88. The molecule has 0 fully saturated rings. The Balaban J connectivity index is 1.86. The lowest BCUT2D eigenvalue weighted by Gasteiger charge is -2.17. The highest BCUT2D eigenvalue weighted by Gasteiger charge is 2.21. The van der Waals surface area contributed by atoms with E-state index in [2.05, 4.69) is 11.4 Å². The van der Waals surface area contributed by atoms with E-state index in [0.717, 1.165) is 28.5 Å². The Morgan fingerprint density at radius 3 is 2.59 bits per heavy atom. The minimum Gasteiger partial charge on any atom is -0.497 e. The Morgan fingerprint density at radius 1 is 1.28 bits per heavy atom. The molecule has 1 N–H and O–H groups in total. The maximum Gasteiger partial charge on any atom is 0.239 e. The topological polar surface area (TPSA) is 83.4 Å². The molecule has 3 rings (SSSR count). The number of hydrogen-bond acceptors (Lipinski definition) is 5. The molecule has 0 radical (unpaired) electrons. The van der Waals surface area contributed by atoms with Gasteiger partial charge in [-0.05, 0) is 62.9 Å². The van der Waals surface area contributed by atoms with E-state index in [4.69, 9.17) is 9.15 Å². The van der Waals surface area contributed by atoms with Gasteiger partial charge in [-0.15, -0.1) is 0 Å². The highest BCUT2D eigenvalue weighted by molar-refractivity contribution is 5.93. The summed E-state index contributed by atoms with van der Waals surface area (Å²) >= 11 is 0. The summed E-state index contributed by atoms with van der Waals surface area (Å²) in [4.78, 5) is 14.5. The Morgan fingerprint density at radius 2 is 2.00 bits per heavy atom. The molecule has 0 saturated heterocycles. The number of methoxy groups -OCH3 is 1. The summed E-state index contributed by atoms with van der Waals surface area (Å²) in [7, 11) is 3.45. The van der Waals surface area contributed by atoms with Crippen molar-refractivity contribution in [2.24, 2.45) is 0 Å². The highest BCUT2D eigenvalue weighted by atomic mass is 16.5. The van der Waals surface area contributed by atoms with Gasteiger partial charge in [-0.2, -0.15) is 5.26 Å². The molecule has 0 bridgehead atoms. The third-order valence-corrected chi connectivity index (χ3v) is 4.83. The highest BCUT2D eigenvalue weighted by Crippen LogP contribution is 2.30. The van der Waals surface area contributed by atoms with Crippen LogP contribution in [0.2, 0.25) is 0 Å². The van der Waals surface area contributed by atoms with Crippen molar-refractivity contribution in [3.63, 3.8) is 0 Å². The van der Waals surface area contributed by atoms with Crippen molar-refractivity contribution in [1.29, 1.82) is 5.26 Å². The van der Waals surface area contributed by atoms with E-state index in [1.54, 1.807) is 13.4 Å². The van der Waals surface area contributed by atoms with Crippen LogP contribution in [-0.2, 0) is 11.3 Å². The summed E-state index contributed by atoms with van der Waals surface area (Å²) < 4.78 is 12.4. The van der Waals surface area contributed by atoms with Gasteiger partial charge in [0.2, 0.25) is 5.91 Å². The Bertz CT molecular complexity index is 1030. The first-order valence-corrected chi connectivity index (χ1v) is 9.21. The number of nitriles is 1. The maximum absolute atomic E-state index is 12.7. The number of nitrogens with zero attached hydrogens (tertiary/aromatic N) is 3. The molecule has 0 saturated carbocycles. The number of carbonyl (C=O) groups excluding carboxylic acids is 1. The Kier molecular flexibility index (Phi) is 6.05. The molecule has 7 nitrogen and oxygen atoms in total. The van der Waals surface area contributed by atoms with Crippen LogP contribution in [0.4, 0.5) is 5.82 Å². The summed E-state index contributed by atoms with van der Waals surface area (Å²) in [6.45, 7) is 4.49. The first-order valence-electron chi connectivity index (χ1n) is 9.21. The van der Waals surface area contributed by atoms with Gasteiger partial charge < -0.3 is 14.5 Å². The molecule has 0 aliphatic rings. The van der Waals surface area contributed by atoms with Gasteiger partial charge in [0.05, 0.1) is 32.0 Å². The number of likely N-dealkylation sites (N-methyl/N-ethyl adjacent to an activating group) is 1. The average Bonchev–Trinajstić information content (AvgIpc) is 3.28. The van der Waals surface area contributed by atoms with Crippen LogP contribution in [0.15, 0.2) is 47.1 Å². The standard InChI is InChI=1S/C22H24N4O3/c1-15-16(2)26(17-7-9-18(28-4)10-8-17)22(20(15)12-23)24-21(27)14-25(3)13-19-6-5-11-29-19/h5-11H,13-14H2,1-4H3,(H,24,27). The number of benzene rings is 1. The molecule has 3 aromatic rings. The van der Waals surface area contributed by atoms with Crippen LogP contribution in [0, 0.1) is 25.2 Å². The SMILES string of the molecule is COc1ccc(-n2c(C)c(C)c(C#N)c2NC(=O)CN(C)Cc2ccco2)cc1. The number of carbonyl (C=O) groups is 1. The van der Waals surface area contributed by atoms with Crippen molar-refractivity contribution in [2.75, 3.05) is 26.0 Å². The van der Waals surface area contributed by atoms with E-state index in [1.165, 1.54) is 0 Å². The number of furan rings is 1. The summed E-state index contributed by atoms with van der Waals surface area (Å²) in [6.07, 6.45) is 1.61. The van der Waals surface area contributed by atoms with Gasteiger partial charge in [0.25, 0.3) is 0 Å². The van der Waals surface area contributed by atoms with E-state index in [-0.39, 0.29) is 12.5 Å². The maximum atomic E-state index is 12.7. The van der Waals surface area contributed by atoms with Crippen molar-refractivity contribution < 1.29 is 13.9 Å². The van der Waals surface area contributed by atoms with Gasteiger partial charge in [-0.25, -0.2) is 0 Å². The largest absolute Gasteiger partial charge is 0.497 e. The van der Waals surface area contributed by atoms with Gasteiger partial charge >= 0.3 is 0 Å². The lowest BCUT2D eigenvalue weighted by Crippen LogP contribution is -2.30. The molecule has 0 atom stereocenters. The van der Waals surface area contributed by atoms with Crippen molar-refractivity contribution in [1.82, 2.24) is 9.47 Å². The zero-order valence-corrected chi connectivity index (χ0v) is 17.0. The van der Waals surface area contributed by atoms with Crippen molar-refractivity contribution >= 4 is 11.7 Å². The molecule has 29 heavy (non-hydrogen) atoms. The Labute approximate surface area is 170 Å². The second-order valence-electron chi connectivity index (χ2n) is 6.88. The summed E-state index contributed by atoms with van der Waals surface area (Å²) in [5.41, 5.74) is 3.03. The summed E-state index contributed by atoms with van der Waals surface area (Å²) in [6, 6.07) is 13.4. The first-order chi connectivity index (χ1) is 13.9. The minimum absolute atomic E-state index is 0.164. The molecule has 0 aliphatic heterocycles. The molecule has 0 unspecified atom stereocenters. The lowest BCUT2D eigenvalue weighted by atomic mass is 10.2. The zero-order chi connectivity index (χ0) is 21.0. The van der Waals surface area contributed by atoms with Gasteiger partial charge in [-0.1, -0.05) is 0 Å². The fraction of sp³-hybridized carbons (Fsp3) is 0.273.